The van der Waals surface area contributed by atoms with Crippen LogP contribution in [0.25, 0.3) is 0 Å². The molecule has 3 heteroatoms. The molecule has 0 spiro atoms. The molecule has 0 bridgehead atoms. The highest BCUT2D eigenvalue weighted by atomic mass is 16.3. The molecule has 2 saturated heterocycles. The van der Waals surface area contributed by atoms with Crippen molar-refractivity contribution in [3.63, 3.8) is 0 Å². The highest BCUT2D eigenvalue weighted by Crippen LogP contribution is 2.31. The van der Waals surface area contributed by atoms with Gasteiger partial charge in [0.05, 0.1) is 0 Å². The Morgan fingerprint density at radius 2 is 2.00 bits per heavy atom. The van der Waals surface area contributed by atoms with Crippen LogP contribution in [0.15, 0.2) is 0 Å². The number of aliphatic hydroxyl groups excluding tert-OH is 1. The third kappa shape index (κ3) is 3.69. The topological polar surface area (TPSA) is 26.7 Å². The number of piperidine rings is 2. The van der Waals surface area contributed by atoms with E-state index in [4.69, 9.17) is 0 Å². The van der Waals surface area contributed by atoms with Gasteiger partial charge in [0.2, 0.25) is 0 Å². The Morgan fingerprint density at radius 3 is 2.72 bits per heavy atom. The van der Waals surface area contributed by atoms with Crippen LogP contribution in [0.4, 0.5) is 0 Å². The molecule has 0 aromatic carbocycles. The molecule has 2 atom stereocenters. The highest BCUT2D eigenvalue weighted by molar-refractivity contribution is 4.87. The first-order valence-corrected chi connectivity index (χ1v) is 7.71. The van der Waals surface area contributed by atoms with E-state index in [1.165, 1.54) is 58.4 Å². The fourth-order valence-corrected chi connectivity index (χ4v) is 3.81. The third-order valence-corrected chi connectivity index (χ3v) is 4.77. The number of nitrogens with zero attached hydrogens (tertiary/aromatic N) is 2. The van der Waals surface area contributed by atoms with Gasteiger partial charge in [-0.15, -0.1) is 0 Å². The fourth-order valence-electron chi connectivity index (χ4n) is 3.81. The second-order valence-electron chi connectivity index (χ2n) is 6.71. The summed E-state index contributed by atoms with van der Waals surface area (Å²) in [5, 5.41) is 9.32. The van der Waals surface area contributed by atoms with Crippen LogP contribution in [0.5, 0.6) is 0 Å². The van der Waals surface area contributed by atoms with Crippen LogP contribution in [-0.2, 0) is 0 Å². The summed E-state index contributed by atoms with van der Waals surface area (Å²) < 4.78 is 0. The summed E-state index contributed by atoms with van der Waals surface area (Å²) >= 11 is 0. The number of hydrogen-bond donors (Lipinski definition) is 1. The standard InChI is InChI=1S/C15H30N2O/c1-3-16-9-5-7-15(2,12-16)13-17-8-4-6-14(10-17)11-18/h14,18H,3-13H2,1-2H3. The second kappa shape index (κ2) is 6.36. The number of rotatable bonds is 4. The zero-order chi connectivity index (χ0) is 13.0. The predicted octanol–water partition coefficient (Wildman–Crippen LogP) is 1.81. The van der Waals surface area contributed by atoms with Crippen LogP contribution in [-0.4, -0.2) is 60.8 Å². The van der Waals surface area contributed by atoms with E-state index in [1.807, 2.05) is 0 Å². The van der Waals surface area contributed by atoms with Crippen molar-refractivity contribution < 1.29 is 5.11 Å². The Bertz CT molecular complexity index is 259. The van der Waals surface area contributed by atoms with Crippen LogP contribution in [0.2, 0.25) is 0 Å². The van der Waals surface area contributed by atoms with Gasteiger partial charge in [0, 0.05) is 26.2 Å². The summed E-state index contributed by atoms with van der Waals surface area (Å²) in [4.78, 5) is 5.19. The van der Waals surface area contributed by atoms with Crippen LogP contribution in [0.3, 0.4) is 0 Å². The Hall–Kier alpha value is -0.120. The largest absolute Gasteiger partial charge is 0.396 e. The summed E-state index contributed by atoms with van der Waals surface area (Å²) in [6.07, 6.45) is 5.19. The molecule has 0 aromatic rings. The second-order valence-corrected chi connectivity index (χ2v) is 6.71. The van der Waals surface area contributed by atoms with E-state index in [-0.39, 0.29) is 0 Å². The molecule has 2 unspecified atom stereocenters. The lowest BCUT2D eigenvalue weighted by Crippen LogP contribution is -2.49. The first kappa shape index (κ1) is 14.3. The average molecular weight is 254 g/mol. The van der Waals surface area contributed by atoms with Crippen LogP contribution < -0.4 is 0 Å². The number of likely N-dealkylation sites (tertiary alicyclic amines) is 2. The zero-order valence-corrected chi connectivity index (χ0v) is 12.2. The quantitative estimate of drug-likeness (QED) is 0.829. The van der Waals surface area contributed by atoms with Gasteiger partial charge >= 0.3 is 0 Å². The lowest BCUT2D eigenvalue weighted by molar-refractivity contribution is 0.0392. The van der Waals surface area contributed by atoms with E-state index < -0.39 is 0 Å². The van der Waals surface area contributed by atoms with Gasteiger partial charge in [0.1, 0.15) is 0 Å². The van der Waals surface area contributed by atoms with Crippen molar-refractivity contribution in [2.45, 2.75) is 39.5 Å². The van der Waals surface area contributed by atoms with Gasteiger partial charge in [0.15, 0.2) is 0 Å². The van der Waals surface area contributed by atoms with Gasteiger partial charge in [-0.05, 0) is 56.7 Å². The Morgan fingerprint density at radius 1 is 1.22 bits per heavy atom. The zero-order valence-electron chi connectivity index (χ0n) is 12.2. The van der Waals surface area contributed by atoms with Crippen molar-refractivity contribution in [2.75, 3.05) is 45.9 Å². The molecule has 0 radical (unpaired) electrons. The van der Waals surface area contributed by atoms with Crippen molar-refractivity contribution in [3.05, 3.63) is 0 Å². The molecule has 0 saturated carbocycles. The van der Waals surface area contributed by atoms with Gasteiger partial charge in [-0.25, -0.2) is 0 Å². The lowest BCUT2D eigenvalue weighted by Gasteiger charge is -2.44. The average Bonchev–Trinajstić information content (AvgIpc) is 2.38. The molecule has 3 nitrogen and oxygen atoms in total. The first-order valence-electron chi connectivity index (χ1n) is 7.71. The van der Waals surface area contributed by atoms with E-state index in [2.05, 4.69) is 23.6 Å². The summed E-state index contributed by atoms with van der Waals surface area (Å²) in [6.45, 7) is 12.4. The van der Waals surface area contributed by atoms with Gasteiger partial charge in [-0.3, -0.25) is 0 Å². The smallest absolute Gasteiger partial charge is 0.0471 e. The fraction of sp³-hybridized carbons (Fsp3) is 1.00. The molecule has 2 fully saturated rings. The molecule has 106 valence electrons. The maximum Gasteiger partial charge on any atom is 0.0471 e. The molecule has 0 amide bonds. The van der Waals surface area contributed by atoms with Crippen LogP contribution in [0, 0.1) is 11.3 Å². The number of aliphatic hydroxyl groups is 1. The minimum atomic E-state index is 0.369. The van der Waals surface area contributed by atoms with Crippen molar-refractivity contribution in [2.24, 2.45) is 11.3 Å². The molecular formula is C15H30N2O. The highest BCUT2D eigenvalue weighted by Gasteiger charge is 2.33. The van der Waals surface area contributed by atoms with Crippen LogP contribution in [0.1, 0.15) is 39.5 Å². The summed E-state index contributed by atoms with van der Waals surface area (Å²) in [5.74, 6) is 0.521. The molecule has 0 aromatic heterocycles. The maximum atomic E-state index is 9.32. The predicted molar refractivity (Wildman–Crippen MR) is 75.7 cm³/mol. The third-order valence-electron chi connectivity index (χ3n) is 4.77. The van der Waals surface area contributed by atoms with Crippen molar-refractivity contribution in [1.82, 2.24) is 9.80 Å². The van der Waals surface area contributed by atoms with Crippen molar-refractivity contribution >= 4 is 0 Å². The summed E-state index contributed by atoms with van der Waals surface area (Å²) in [6, 6.07) is 0. The van der Waals surface area contributed by atoms with E-state index in [1.54, 1.807) is 0 Å². The Labute approximate surface area is 112 Å². The van der Waals surface area contributed by atoms with Crippen LogP contribution >= 0.6 is 0 Å². The van der Waals surface area contributed by atoms with E-state index in [0.29, 0.717) is 17.9 Å². The Kier molecular flexibility index (Phi) is 5.05. The van der Waals surface area contributed by atoms with Crippen molar-refractivity contribution in [1.29, 1.82) is 0 Å². The molecule has 1 N–H and O–H groups in total. The number of hydrogen-bond acceptors (Lipinski definition) is 3. The van der Waals surface area contributed by atoms with Gasteiger partial charge < -0.3 is 14.9 Å². The van der Waals surface area contributed by atoms with Gasteiger partial charge in [-0.2, -0.15) is 0 Å². The maximum absolute atomic E-state index is 9.32. The Balaban J connectivity index is 1.86. The van der Waals surface area contributed by atoms with Crippen molar-refractivity contribution in [3.8, 4) is 0 Å². The normalized spacial score (nSPS) is 35.8. The molecular weight excluding hydrogens is 224 g/mol. The molecule has 18 heavy (non-hydrogen) atoms. The van der Waals surface area contributed by atoms with E-state index >= 15 is 0 Å². The molecule has 2 aliphatic heterocycles. The van der Waals surface area contributed by atoms with E-state index in [9.17, 15) is 5.11 Å². The van der Waals surface area contributed by atoms with Gasteiger partial charge in [-0.1, -0.05) is 13.8 Å². The minimum Gasteiger partial charge on any atom is -0.396 e. The van der Waals surface area contributed by atoms with E-state index in [0.717, 1.165) is 6.54 Å². The summed E-state index contributed by atoms with van der Waals surface area (Å²) in [7, 11) is 0. The monoisotopic (exact) mass is 254 g/mol. The SMILES string of the molecule is CCN1CCCC(C)(CN2CCCC(CO)C2)C1. The first-order chi connectivity index (χ1) is 8.65. The molecule has 2 heterocycles. The lowest BCUT2D eigenvalue weighted by atomic mass is 9.80. The minimum absolute atomic E-state index is 0.369. The molecule has 2 rings (SSSR count). The summed E-state index contributed by atoms with van der Waals surface area (Å²) in [5.41, 5.74) is 0.464. The molecule has 2 aliphatic rings. The van der Waals surface area contributed by atoms with Gasteiger partial charge in [0.25, 0.3) is 0 Å². The molecule has 0 aliphatic carbocycles.